The van der Waals surface area contributed by atoms with Crippen LogP contribution in [0.15, 0.2) is 18.2 Å². The molecule has 0 bridgehead atoms. The third kappa shape index (κ3) is 4.27. The topological polar surface area (TPSA) is 108 Å². The smallest absolute Gasteiger partial charge is 0.325 e. The summed E-state index contributed by atoms with van der Waals surface area (Å²) >= 11 is 0. The van der Waals surface area contributed by atoms with Gasteiger partial charge in [0.25, 0.3) is 5.91 Å². The second-order valence-corrected chi connectivity index (χ2v) is 7.96. The van der Waals surface area contributed by atoms with Crippen molar-refractivity contribution in [3.05, 3.63) is 35.4 Å². The average molecular weight is 422 g/mol. The van der Waals surface area contributed by atoms with Gasteiger partial charge in [-0.2, -0.15) is 0 Å². The molecule has 3 N–H and O–H groups in total. The summed E-state index contributed by atoms with van der Waals surface area (Å²) in [5.74, 6) is -3.16. The first-order valence-corrected chi connectivity index (χ1v) is 9.82. The van der Waals surface area contributed by atoms with Crippen LogP contribution in [-0.2, 0) is 15.1 Å². The number of hydrogen-bond acceptors (Lipinski definition) is 4. The maximum Gasteiger partial charge on any atom is 0.325 e. The predicted molar refractivity (Wildman–Crippen MR) is 102 cm³/mol. The number of carbonyl (C=O) groups excluding carboxylic acids is 4. The lowest BCUT2D eigenvalue weighted by atomic mass is 9.86. The van der Waals surface area contributed by atoms with E-state index in [-0.39, 0.29) is 17.5 Å². The molecule has 3 rings (SSSR count). The molecule has 0 spiro atoms. The molecule has 1 heterocycles. The largest absolute Gasteiger partial charge is 0.335 e. The summed E-state index contributed by atoms with van der Waals surface area (Å²) in [6.07, 6.45) is 3.88. The van der Waals surface area contributed by atoms with Crippen LogP contribution in [0, 0.1) is 17.6 Å². The van der Waals surface area contributed by atoms with Crippen LogP contribution in [-0.4, -0.2) is 41.4 Å². The molecule has 6 amide bonds. The molecule has 30 heavy (non-hydrogen) atoms. The Morgan fingerprint density at radius 1 is 1.23 bits per heavy atom. The van der Waals surface area contributed by atoms with Gasteiger partial charge in [0.05, 0.1) is 0 Å². The Bertz CT molecular complexity index is 894. The molecule has 1 saturated heterocycles. The first kappa shape index (κ1) is 21.7. The zero-order valence-corrected chi connectivity index (χ0v) is 16.8. The second kappa shape index (κ2) is 8.37. The third-order valence-electron chi connectivity index (χ3n) is 5.72. The van der Waals surface area contributed by atoms with Gasteiger partial charge in [-0.25, -0.2) is 18.4 Å². The van der Waals surface area contributed by atoms with Crippen molar-refractivity contribution < 1.29 is 28.0 Å². The van der Waals surface area contributed by atoms with E-state index in [1.807, 2.05) is 6.92 Å². The van der Waals surface area contributed by atoms with E-state index in [4.69, 9.17) is 0 Å². The molecular weight excluding hydrogens is 398 g/mol. The van der Waals surface area contributed by atoms with E-state index in [9.17, 15) is 28.0 Å². The van der Waals surface area contributed by atoms with Crippen LogP contribution in [0.1, 0.15) is 45.1 Å². The van der Waals surface area contributed by atoms with Crippen molar-refractivity contribution >= 4 is 23.9 Å². The summed E-state index contributed by atoms with van der Waals surface area (Å²) in [4.78, 5) is 49.9. The summed E-state index contributed by atoms with van der Waals surface area (Å²) < 4.78 is 27.7. The first-order chi connectivity index (χ1) is 14.1. The van der Waals surface area contributed by atoms with Crippen LogP contribution in [0.5, 0.6) is 0 Å². The van der Waals surface area contributed by atoms with Crippen molar-refractivity contribution in [2.75, 3.05) is 6.54 Å². The fourth-order valence-electron chi connectivity index (χ4n) is 3.95. The Balaban J connectivity index is 1.64. The molecule has 0 radical (unpaired) electrons. The van der Waals surface area contributed by atoms with Crippen LogP contribution in [0.2, 0.25) is 0 Å². The number of urea groups is 2. The van der Waals surface area contributed by atoms with Crippen LogP contribution in [0.3, 0.4) is 0 Å². The highest BCUT2D eigenvalue weighted by atomic mass is 19.1. The zero-order valence-electron chi connectivity index (χ0n) is 16.8. The van der Waals surface area contributed by atoms with Gasteiger partial charge in [-0.1, -0.05) is 19.8 Å². The fourth-order valence-corrected chi connectivity index (χ4v) is 3.95. The van der Waals surface area contributed by atoms with Crippen molar-refractivity contribution in [3.8, 4) is 0 Å². The molecule has 0 aromatic heterocycles. The first-order valence-electron chi connectivity index (χ1n) is 9.82. The van der Waals surface area contributed by atoms with E-state index in [1.165, 1.54) is 6.92 Å². The number of halogens is 2. The lowest BCUT2D eigenvalue weighted by molar-refractivity contribution is -0.134. The van der Waals surface area contributed by atoms with E-state index in [0.29, 0.717) is 4.90 Å². The van der Waals surface area contributed by atoms with E-state index < -0.39 is 47.6 Å². The van der Waals surface area contributed by atoms with Crippen molar-refractivity contribution in [1.29, 1.82) is 0 Å². The number of benzene rings is 1. The standard InChI is InChI=1S/C20H24F2N4O4/c1-11-5-3-4-6-15(11)23-18(29)24-16(27)10-26-17(28)20(2,25-19(26)30)13-9-12(21)7-8-14(13)22/h7-9,11,15H,3-6,10H2,1-2H3,(H,25,30)(H2,23,24,27,29)/t11-,15+,20-/m1/s1. The van der Waals surface area contributed by atoms with Gasteiger partial charge in [-0.15, -0.1) is 0 Å². The van der Waals surface area contributed by atoms with Gasteiger partial charge in [0.15, 0.2) is 0 Å². The molecule has 162 valence electrons. The van der Waals surface area contributed by atoms with Gasteiger partial charge in [0.2, 0.25) is 5.91 Å². The maximum atomic E-state index is 14.2. The fraction of sp³-hybridized carbons (Fsp3) is 0.500. The van der Waals surface area contributed by atoms with Gasteiger partial charge in [0.1, 0.15) is 23.7 Å². The van der Waals surface area contributed by atoms with E-state index in [2.05, 4.69) is 16.0 Å². The highest BCUT2D eigenvalue weighted by Gasteiger charge is 2.51. The van der Waals surface area contributed by atoms with Crippen LogP contribution < -0.4 is 16.0 Å². The van der Waals surface area contributed by atoms with Gasteiger partial charge in [-0.05, 0) is 43.9 Å². The van der Waals surface area contributed by atoms with Crippen molar-refractivity contribution in [1.82, 2.24) is 20.9 Å². The lowest BCUT2D eigenvalue weighted by Gasteiger charge is -2.29. The zero-order chi connectivity index (χ0) is 22.1. The molecule has 1 aliphatic carbocycles. The highest BCUT2D eigenvalue weighted by Crippen LogP contribution is 2.31. The number of hydrogen-bond donors (Lipinski definition) is 3. The summed E-state index contributed by atoms with van der Waals surface area (Å²) in [5, 5.41) is 7.14. The molecule has 8 nitrogen and oxygen atoms in total. The molecule has 1 aromatic rings. The maximum absolute atomic E-state index is 14.2. The predicted octanol–water partition coefficient (Wildman–Crippen LogP) is 2.14. The molecular formula is C20H24F2N4O4. The van der Waals surface area contributed by atoms with E-state index in [1.54, 1.807) is 0 Å². The summed E-state index contributed by atoms with van der Waals surface area (Å²) in [6, 6.07) is 0.854. The Kier molecular flexibility index (Phi) is 6.04. The minimum absolute atomic E-state index is 0.0532. The summed E-state index contributed by atoms with van der Waals surface area (Å²) in [7, 11) is 0. The van der Waals surface area contributed by atoms with Crippen molar-refractivity contribution in [2.24, 2.45) is 5.92 Å². The van der Waals surface area contributed by atoms with Gasteiger partial charge >= 0.3 is 12.1 Å². The monoisotopic (exact) mass is 422 g/mol. The Labute approximate surface area is 172 Å². The number of imide groups is 2. The number of amides is 6. The van der Waals surface area contributed by atoms with Crippen molar-refractivity contribution in [2.45, 2.75) is 51.1 Å². The molecule has 1 saturated carbocycles. The van der Waals surface area contributed by atoms with Crippen LogP contribution in [0.25, 0.3) is 0 Å². The minimum atomic E-state index is -1.87. The molecule has 3 atom stereocenters. The van der Waals surface area contributed by atoms with E-state index >= 15 is 0 Å². The van der Waals surface area contributed by atoms with E-state index in [0.717, 1.165) is 43.9 Å². The number of nitrogens with zero attached hydrogens (tertiary/aromatic N) is 1. The molecule has 0 unspecified atom stereocenters. The quantitative estimate of drug-likeness (QED) is 0.646. The van der Waals surface area contributed by atoms with Gasteiger partial charge in [-0.3, -0.25) is 19.8 Å². The third-order valence-corrected chi connectivity index (χ3v) is 5.72. The van der Waals surface area contributed by atoms with Crippen molar-refractivity contribution in [3.63, 3.8) is 0 Å². The molecule has 2 fully saturated rings. The van der Waals surface area contributed by atoms with Gasteiger partial charge in [0, 0.05) is 11.6 Å². The SMILES string of the molecule is C[C@@H]1CCCC[C@@H]1NC(=O)NC(=O)CN1C(=O)N[C@](C)(c2cc(F)ccc2F)C1=O. The normalized spacial score (nSPS) is 26.3. The van der Waals surface area contributed by atoms with Crippen LogP contribution in [0.4, 0.5) is 18.4 Å². The Morgan fingerprint density at radius 3 is 2.63 bits per heavy atom. The lowest BCUT2D eigenvalue weighted by Crippen LogP contribution is -2.50. The molecule has 1 aromatic carbocycles. The Morgan fingerprint density at radius 2 is 1.93 bits per heavy atom. The number of nitrogens with one attached hydrogen (secondary N) is 3. The minimum Gasteiger partial charge on any atom is -0.335 e. The second-order valence-electron chi connectivity index (χ2n) is 7.96. The average Bonchev–Trinajstić information content (AvgIpc) is 2.89. The number of rotatable bonds is 4. The molecule has 10 heteroatoms. The summed E-state index contributed by atoms with van der Waals surface area (Å²) in [5.41, 5.74) is -2.23. The molecule has 2 aliphatic rings. The number of carbonyl (C=O) groups is 4. The summed E-state index contributed by atoms with van der Waals surface area (Å²) in [6.45, 7) is 2.51. The van der Waals surface area contributed by atoms with Crippen LogP contribution >= 0.6 is 0 Å². The van der Waals surface area contributed by atoms with Gasteiger partial charge < -0.3 is 10.6 Å². The highest BCUT2D eigenvalue weighted by molar-refractivity contribution is 6.10. The molecule has 1 aliphatic heterocycles. The Hall–Kier alpha value is -3.04.